The van der Waals surface area contributed by atoms with E-state index in [1.165, 1.54) is 0 Å². The molecule has 1 aromatic rings. The molecule has 3 rings (SSSR count). The van der Waals surface area contributed by atoms with Gasteiger partial charge in [-0.05, 0) is 36.5 Å². The summed E-state index contributed by atoms with van der Waals surface area (Å²) in [6, 6.07) is 7.62. The summed E-state index contributed by atoms with van der Waals surface area (Å²) in [6.07, 6.45) is 3.88. The van der Waals surface area contributed by atoms with Crippen LogP contribution in [0.4, 0.5) is 4.79 Å². The molecule has 0 saturated heterocycles. The number of carbonyl (C=O) groups excluding carboxylic acids is 1. The van der Waals surface area contributed by atoms with Gasteiger partial charge in [-0.3, -0.25) is 4.90 Å². The van der Waals surface area contributed by atoms with Crippen LogP contribution in [0.5, 0.6) is 0 Å². The van der Waals surface area contributed by atoms with Crippen molar-refractivity contribution in [2.45, 2.75) is 32.2 Å². The van der Waals surface area contributed by atoms with Crippen LogP contribution in [0.15, 0.2) is 36.2 Å². The van der Waals surface area contributed by atoms with Crippen LogP contribution < -0.4 is 5.32 Å². The first-order valence-electron chi connectivity index (χ1n) is 6.56. The van der Waals surface area contributed by atoms with E-state index < -0.39 is 0 Å². The molecule has 0 bridgehead atoms. The Morgan fingerprint density at radius 1 is 1.26 bits per heavy atom. The summed E-state index contributed by atoms with van der Waals surface area (Å²) in [5, 5.41) is 4.86. The molecule has 1 radical (unpaired) electrons. The molecule has 2 aliphatic rings. The highest BCUT2D eigenvalue weighted by molar-refractivity contribution is 6.30. The Hall–Kier alpha value is -1.48. The zero-order chi connectivity index (χ0) is 13.6. The molecular weight excluding hydrogens is 260 g/mol. The van der Waals surface area contributed by atoms with E-state index in [1.807, 2.05) is 44.3 Å². The van der Waals surface area contributed by atoms with Crippen LogP contribution in [0.2, 0.25) is 5.02 Å². The number of rotatable bonds is 3. The van der Waals surface area contributed by atoms with E-state index in [-0.39, 0.29) is 17.5 Å². The van der Waals surface area contributed by atoms with Crippen molar-refractivity contribution in [3.8, 4) is 0 Å². The molecule has 1 fully saturated rings. The minimum atomic E-state index is -0.193. The fourth-order valence-corrected chi connectivity index (χ4v) is 2.64. The number of allylic oxidation sites excluding steroid dienone is 1. The summed E-state index contributed by atoms with van der Waals surface area (Å²) >= 11 is 5.92. The highest BCUT2D eigenvalue weighted by atomic mass is 35.5. The molecular formula is C15H16ClN2O. The largest absolute Gasteiger partial charge is 0.348 e. The maximum Gasteiger partial charge on any atom is 0.348 e. The molecule has 3 nitrogen and oxygen atoms in total. The van der Waals surface area contributed by atoms with Crippen LogP contribution in [-0.4, -0.2) is 10.9 Å². The second-order valence-corrected chi connectivity index (χ2v) is 5.95. The Morgan fingerprint density at radius 3 is 2.37 bits per heavy atom. The first kappa shape index (κ1) is 12.5. The molecule has 1 aliphatic heterocycles. The third-order valence-electron chi connectivity index (χ3n) is 3.85. The van der Waals surface area contributed by atoms with E-state index in [0.29, 0.717) is 0 Å². The predicted octanol–water partition coefficient (Wildman–Crippen LogP) is 3.87. The van der Waals surface area contributed by atoms with Gasteiger partial charge >= 0.3 is 6.03 Å². The van der Waals surface area contributed by atoms with Gasteiger partial charge in [-0.2, -0.15) is 5.32 Å². The second kappa shape index (κ2) is 4.27. The van der Waals surface area contributed by atoms with Crippen molar-refractivity contribution in [1.29, 1.82) is 0 Å². The number of benzene rings is 1. The normalized spacial score (nSPS) is 20.5. The van der Waals surface area contributed by atoms with Crippen LogP contribution in [0.1, 0.15) is 32.3 Å². The van der Waals surface area contributed by atoms with Gasteiger partial charge in [-0.25, -0.2) is 4.79 Å². The van der Waals surface area contributed by atoms with E-state index in [0.717, 1.165) is 29.1 Å². The number of amides is 2. The molecule has 4 heteroatoms. The van der Waals surface area contributed by atoms with Crippen molar-refractivity contribution in [3.63, 3.8) is 0 Å². The molecule has 1 aromatic carbocycles. The second-order valence-electron chi connectivity index (χ2n) is 5.51. The molecule has 0 N–H and O–H groups in total. The maximum absolute atomic E-state index is 12.1. The summed E-state index contributed by atoms with van der Waals surface area (Å²) in [7, 11) is 0. The molecule has 1 saturated carbocycles. The fourth-order valence-electron chi connectivity index (χ4n) is 2.51. The Kier molecular flexibility index (Phi) is 2.82. The SMILES string of the molecule is CC(C)C1=CN(C2(c3ccc(Cl)cc3)CC2)C(=O)[N]1. The third kappa shape index (κ3) is 2.02. The summed E-state index contributed by atoms with van der Waals surface area (Å²) < 4.78 is 0. The topological polar surface area (TPSA) is 34.4 Å². The molecule has 0 aromatic heterocycles. The predicted molar refractivity (Wildman–Crippen MR) is 74.7 cm³/mol. The molecule has 99 valence electrons. The van der Waals surface area contributed by atoms with Crippen molar-refractivity contribution in [3.05, 3.63) is 46.7 Å². The van der Waals surface area contributed by atoms with E-state index in [2.05, 4.69) is 5.32 Å². The minimum Gasteiger partial charge on any atom is -0.287 e. The lowest BCUT2D eigenvalue weighted by Crippen LogP contribution is -2.35. The average Bonchev–Trinajstić information content (AvgIpc) is 3.07. The molecule has 19 heavy (non-hydrogen) atoms. The Balaban J connectivity index is 1.93. The van der Waals surface area contributed by atoms with Gasteiger partial charge in [0.1, 0.15) is 0 Å². The molecule has 1 aliphatic carbocycles. The summed E-state index contributed by atoms with van der Waals surface area (Å²) in [5.74, 6) is 0.273. The number of urea groups is 1. The van der Waals surface area contributed by atoms with Gasteiger partial charge < -0.3 is 0 Å². The van der Waals surface area contributed by atoms with Crippen LogP contribution in [0.25, 0.3) is 0 Å². The van der Waals surface area contributed by atoms with Gasteiger partial charge in [-0.15, -0.1) is 0 Å². The van der Waals surface area contributed by atoms with Gasteiger partial charge in [0, 0.05) is 11.2 Å². The lowest BCUT2D eigenvalue weighted by Gasteiger charge is -2.25. The average molecular weight is 276 g/mol. The molecule has 0 atom stereocenters. The Morgan fingerprint density at radius 2 is 1.89 bits per heavy atom. The molecule has 0 unspecified atom stereocenters. The van der Waals surface area contributed by atoms with Crippen LogP contribution in [0, 0.1) is 5.92 Å². The van der Waals surface area contributed by atoms with Gasteiger partial charge in [0.15, 0.2) is 0 Å². The van der Waals surface area contributed by atoms with Gasteiger partial charge in [0.25, 0.3) is 0 Å². The number of carbonyl (C=O) groups is 1. The molecule has 0 spiro atoms. The van der Waals surface area contributed by atoms with Gasteiger partial charge in [-0.1, -0.05) is 37.6 Å². The first-order valence-corrected chi connectivity index (χ1v) is 6.93. The van der Waals surface area contributed by atoms with E-state index in [4.69, 9.17) is 11.6 Å². The number of halogens is 1. The standard InChI is InChI=1S/C15H16ClN2O/c1-10(2)13-9-18(14(19)17-13)15(7-8-15)11-3-5-12(16)6-4-11/h3-6,9-10H,7-8H2,1-2H3. The lowest BCUT2D eigenvalue weighted by molar-refractivity contribution is 0.203. The van der Waals surface area contributed by atoms with Gasteiger partial charge in [0.2, 0.25) is 0 Å². The van der Waals surface area contributed by atoms with Crippen LogP contribution >= 0.6 is 11.6 Å². The van der Waals surface area contributed by atoms with E-state index in [1.54, 1.807) is 4.90 Å². The summed E-state index contributed by atoms with van der Waals surface area (Å²) in [5.41, 5.74) is 1.81. The van der Waals surface area contributed by atoms with Crippen molar-refractivity contribution >= 4 is 17.6 Å². The van der Waals surface area contributed by atoms with Gasteiger partial charge in [0.05, 0.1) is 11.2 Å². The monoisotopic (exact) mass is 275 g/mol. The summed E-state index contributed by atoms with van der Waals surface area (Å²) in [6.45, 7) is 4.10. The first-order chi connectivity index (χ1) is 9.03. The fraction of sp³-hybridized carbons (Fsp3) is 0.400. The number of hydrogen-bond donors (Lipinski definition) is 0. The van der Waals surface area contributed by atoms with E-state index in [9.17, 15) is 4.79 Å². The van der Waals surface area contributed by atoms with Crippen molar-refractivity contribution in [1.82, 2.24) is 10.2 Å². The highest BCUT2D eigenvalue weighted by Gasteiger charge is 2.53. The molecule has 1 heterocycles. The van der Waals surface area contributed by atoms with Crippen molar-refractivity contribution < 1.29 is 4.79 Å². The third-order valence-corrected chi connectivity index (χ3v) is 4.10. The number of hydrogen-bond acceptors (Lipinski definition) is 1. The Bertz CT molecular complexity index is 544. The molecule has 2 amide bonds. The quantitative estimate of drug-likeness (QED) is 0.825. The smallest absolute Gasteiger partial charge is 0.287 e. The van der Waals surface area contributed by atoms with E-state index >= 15 is 0 Å². The Labute approximate surface area is 118 Å². The zero-order valence-electron chi connectivity index (χ0n) is 11.1. The van der Waals surface area contributed by atoms with Crippen LogP contribution in [-0.2, 0) is 5.54 Å². The van der Waals surface area contributed by atoms with Crippen molar-refractivity contribution in [2.24, 2.45) is 5.92 Å². The minimum absolute atomic E-state index is 0.142. The summed E-state index contributed by atoms with van der Waals surface area (Å²) in [4.78, 5) is 13.9. The van der Waals surface area contributed by atoms with Crippen LogP contribution in [0.3, 0.4) is 0 Å². The van der Waals surface area contributed by atoms with Crippen molar-refractivity contribution in [2.75, 3.05) is 0 Å². The maximum atomic E-state index is 12.1. The number of nitrogens with zero attached hydrogens (tertiary/aromatic N) is 2. The zero-order valence-corrected chi connectivity index (χ0v) is 11.8. The highest BCUT2D eigenvalue weighted by Crippen LogP contribution is 2.52. The lowest BCUT2D eigenvalue weighted by atomic mass is 10.0.